The highest BCUT2D eigenvalue weighted by Gasteiger charge is 2.29. The van der Waals surface area contributed by atoms with Crippen molar-refractivity contribution in [2.75, 3.05) is 18.0 Å². The van der Waals surface area contributed by atoms with Crippen LogP contribution in [-0.2, 0) is 13.1 Å². The number of hydrogen-bond donors (Lipinski definition) is 1. The second-order valence-corrected chi connectivity index (χ2v) is 11.5. The highest BCUT2D eigenvalue weighted by molar-refractivity contribution is 6.31. The summed E-state index contributed by atoms with van der Waals surface area (Å²) < 4.78 is 16.6. The number of pyridine rings is 3. The number of carbonyl (C=O) groups is 1. The quantitative estimate of drug-likeness (QED) is 0.292. The third kappa shape index (κ3) is 5.83. The maximum Gasteiger partial charge on any atom is 0.354 e. The fourth-order valence-electron chi connectivity index (χ4n) is 5.83. The zero-order valence-corrected chi connectivity index (χ0v) is 23.5. The predicted octanol–water partition coefficient (Wildman–Crippen LogP) is 5.60. The maximum absolute atomic E-state index is 14.5. The van der Waals surface area contributed by atoms with Crippen molar-refractivity contribution in [2.45, 2.75) is 57.8 Å². The molecule has 0 spiro atoms. The summed E-state index contributed by atoms with van der Waals surface area (Å²) in [5.74, 6) is -1.65. The molecule has 1 saturated heterocycles. The predicted molar refractivity (Wildman–Crippen MR) is 156 cm³/mol. The minimum absolute atomic E-state index is 0.0120. The molecule has 4 aromatic rings. The molecule has 1 atom stereocenters. The second kappa shape index (κ2) is 11.2. The number of benzene rings is 1. The van der Waals surface area contributed by atoms with Crippen molar-refractivity contribution in [3.63, 3.8) is 0 Å². The smallest absolute Gasteiger partial charge is 0.354 e. The average Bonchev–Trinajstić information content (AvgIpc) is 3.81. The zero-order valence-electron chi connectivity index (χ0n) is 22.8. The van der Waals surface area contributed by atoms with Crippen LogP contribution in [0.5, 0.6) is 0 Å². The average molecular weight is 576 g/mol. The van der Waals surface area contributed by atoms with Gasteiger partial charge in [0.25, 0.3) is 0 Å². The fraction of sp³-hybridized carbons (Fsp3) is 0.355. The molecule has 212 valence electrons. The number of halogens is 2. The summed E-state index contributed by atoms with van der Waals surface area (Å²) in [5.41, 5.74) is 4.03. The van der Waals surface area contributed by atoms with E-state index in [4.69, 9.17) is 11.6 Å². The van der Waals surface area contributed by atoms with Crippen LogP contribution in [0.3, 0.4) is 0 Å². The van der Waals surface area contributed by atoms with Gasteiger partial charge < -0.3 is 14.6 Å². The number of aryl methyl sites for hydroxylation is 1. The fourth-order valence-corrected chi connectivity index (χ4v) is 5.98. The SMILES string of the molecule is Cc1cc(CN(Cc2cn(C3CC3)c3cc(Cl)c(F)cc3c2=O)[C@H]2CCCN(c3ccc(C(=O)O)nc3)C2)ccn1. The summed E-state index contributed by atoms with van der Waals surface area (Å²) in [5, 5.41) is 9.60. The number of carboxylic acids is 1. The Bertz CT molecular complexity index is 1670. The lowest BCUT2D eigenvalue weighted by Gasteiger charge is -2.40. The van der Waals surface area contributed by atoms with E-state index in [0.29, 0.717) is 36.1 Å². The summed E-state index contributed by atoms with van der Waals surface area (Å²) in [6.07, 6.45) is 9.25. The van der Waals surface area contributed by atoms with Crippen LogP contribution in [0.25, 0.3) is 10.9 Å². The number of anilines is 1. The number of fused-ring (bicyclic) bond motifs is 1. The molecule has 2 fully saturated rings. The molecular weight excluding hydrogens is 545 g/mol. The lowest BCUT2D eigenvalue weighted by atomic mass is 10.0. The highest BCUT2D eigenvalue weighted by atomic mass is 35.5. The molecule has 8 nitrogen and oxygen atoms in total. The molecule has 1 aromatic carbocycles. The summed E-state index contributed by atoms with van der Waals surface area (Å²) in [6, 6.07) is 10.6. The molecule has 41 heavy (non-hydrogen) atoms. The van der Waals surface area contributed by atoms with Crippen molar-refractivity contribution in [2.24, 2.45) is 0 Å². The van der Waals surface area contributed by atoms with Gasteiger partial charge in [0.2, 0.25) is 0 Å². The molecule has 0 radical (unpaired) electrons. The standard InChI is InChI=1S/C31H31ClFN5O3/c1-19-11-20(8-9-34-19)15-37(24-3-2-10-36(18-24)23-6-7-28(31(40)41)35-14-23)16-21-17-38(22-4-5-22)29-13-26(32)27(33)12-25(29)30(21)39/h6-9,11-14,17,22,24H,2-5,10,15-16,18H2,1H3,(H,40,41)/t24-/m0/s1. The number of hydrogen-bond acceptors (Lipinski definition) is 6. The molecule has 2 aliphatic rings. The van der Waals surface area contributed by atoms with E-state index in [0.717, 1.165) is 49.2 Å². The van der Waals surface area contributed by atoms with Gasteiger partial charge in [0.05, 0.1) is 22.4 Å². The number of rotatable bonds is 8. The summed E-state index contributed by atoms with van der Waals surface area (Å²) in [7, 11) is 0. The Hall–Kier alpha value is -3.82. The van der Waals surface area contributed by atoms with Crippen LogP contribution >= 0.6 is 11.6 Å². The minimum Gasteiger partial charge on any atom is -0.477 e. The van der Waals surface area contributed by atoms with E-state index in [9.17, 15) is 19.1 Å². The van der Waals surface area contributed by atoms with Gasteiger partial charge in [-0.05, 0) is 74.6 Å². The highest BCUT2D eigenvalue weighted by Crippen LogP contribution is 2.38. The van der Waals surface area contributed by atoms with Gasteiger partial charge in [-0.25, -0.2) is 14.2 Å². The van der Waals surface area contributed by atoms with E-state index in [-0.39, 0.29) is 28.2 Å². The first-order chi connectivity index (χ1) is 19.8. The minimum atomic E-state index is -1.05. The largest absolute Gasteiger partial charge is 0.477 e. The molecule has 1 aliphatic carbocycles. The molecule has 6 rings (SSSR count). The van der Waals surface area contributed by atoms with Gasteiger partial charge in [-0.15, -0.1) is 0 Å². The molecule has 1 N–H and O–H groups in total. The van der Waals surface area contributed by atoms with E-state index < -0.39 is 11.8 Å². The molecule has 10 heteroatoms. The Morgan fingerprint density at radius 1 is 1.15 bits per heavy atom. The van der Waals surface area contributed by atoms with E-state index in [2.05, 4.69) is 30.4 Å². The molecule has 0 bridgehead atoms. The Labute approximate surface area is 242 Å². The first-order valence-corrected chi connectivity index (χ1v) is 14.3. The Balaban J connectivity index is 1.35. The first kappa shape index (κ1) is 27.4. The topological polar surface area (TPSA) is 91.6 Å². The third-order valence-electron chi connectivity index (χ3n) is 8.05. The number of aromatic carboxylic acids is 1. The van der Waals surface area contributed by atoms with Crippen molar-refractivity contribution in [3.05, 3.63) is 98.6 Å². The van der Waals surface area contributed by atoms with E-state index >= 15 is 0 Å². The zero-order chi connectivity index (χ0) is 28.7. The molecule has 4 heterocycles. The Morgan fingerprint density at radius 2 is 1.98 bits per heavy atom. The molecule has 0 amide bonds. The van der Waals surface area contributed by atoms with Gasteiger partial charge in [0, 0.05) is 67.3 Å². The molecule has 1 saturated carbocycles. The van der Waals surface area contributed by atoms with Crippen LogP contribution in [0.1, 0.15) is 59.0 Å². The summed E-state index contributed by atoms with van der Waals surface area (Å²) in [6.45, 7) is 4.52. The summed E-state index contributed by atoms with van der Waals surface area (Å²) in [4.78, 5) is 38.0. The first-order valence-electron chi connectivity index (χ1n) is 13.9. The van der Waals surface area contributed by atoms with Gasteiger partial charge in [0.15, 0.2) is 5.43 Å². The van der Waals surface area contributed by atoms with Crippen molar-refractivity contribution in [3.8, 4) is 0 Å². The van der Waals surface area contributed by atoms with Gasteiger partial charge in [-0.1, -0.05) is 11.6 Å². The van der Waals surface area contributed by atoms with Crippen molar-refractivity contribution < 1.29 is 14.3 Å². The molecule has 1 aliphatic heterocycles. The van der Waals surface area contributed by atoms with Crippen molar-refractivity contribution >= 4 is 34.2 Å². The van der Waals surface area contributed by atoms with Crippen LogP contribution in [0.2, 0.25) is 5.02 Å². The normalized spacial score (nSPS) is 17.4. The number of piperidine rings is 1. The number of aromatic nitrogens is 3. The van der Waals surface area contributed by atoms with Crippen LogP contribution in [0.4, 0.5) is 10.1 Å². The van der Waals surface area contributed by atoms with Crippen molar-refractivity contribution in [1.29, 1.82) is 0 Å². The number of nitrogens with zero attached hydrogens (tertiary/aromatic N) is 5. The van der Waals surface area contributed by atoms with Gasteiger partial charge in [-0.2, -0.15) is 0 Å². The van der Waals surface area contributed by atoms with E-state index in [1.54, 1.807) is 24.5 Å². The lowest BCUT2D eigenvalue weighted by Crippen LogP contribution is -2.48. The van der Waals surface area contributed by atoms with Crippen LogP contribution in [-0.4, -0.2) is 49.6 Å². The van der Waals surface area contributed by atoms with Crippen LogP contribution < -0.4 is 10.3 Å². The van der Waals surface area contributed by atoms with Crippen LogP contribution in [0.15, 0.2) is 59.8 Å². The summed E-state index contributed by atoms with van der Waals surface area (Å²) >= 11 is 6.11. The Morgan fingerprint density at radius 3 is 2.68 bits per heavy atom. The number of carboxylic acid groups (broad SMARTS) is 1. The van der Waals surface area contributed by atoms with E-state index in [1.165, 1.54) is 12.1 Å². The Kier molecular flexibility index (Phi) is 7.48. The third-order valence-corrected chi connectivity index (χ3v) is 8.34. The van der Waals surface area contributed by atoms with Crippen molar-refractivity contribution in [1.82, 2.24) is 19.4 Å². The monoisotopic (exact) mass is 575 g/mol. The van der Waals surface area contributed by atoms with Gasteiger partial charge in [0.1, 0.15) is 11.5 Å². The lowest BCUT2D eigenvalue weighted by molar-refractivity contribution is 0.0690. The van der Waals surface area contributed by atoms with Crippen LogP contribution in [0, 0.1) is 12.7 Å². The van der Waals surface area contributed by atoms with Gasteiger partial charge >= 0.3 is 5.97 Å². The molecule has 0 unspecified atom stereocenters. The molecular formula is C31H31ClFN5O3. The maximum atomic E-state index is 14.5. The second-order valence-electron chi connectivity index (χ2n) is 11.1. The van der Waals surface area contributed by atoms with Gasteiger partial charge in [-0.3, -0.25) is 14.7 Å². The molecule has 3 aromatic heterocycles. The van der Waals surface area contributed by atoms with E-state index in [1.807, 2.05) is 19.2 Å².